The summed E-state index contributed by atoms with van der Waals surface area (Å²) in [6.45, 7) is 4.77. The second-order valence-corrected chi connectivity index (χ2v) is 4.29. The van der Waals surface area contributed by atoms with Crippen molar-refractivity contribution in [2.24, 2.45) is 0 Å². The highest BCUT2D eigenvalue weighted by Gasteiger charge is 2.29. The van der Waals surface area contributed by atoms with E-state index in [4.69, 9.17) is 0 Å². The van der Waals surface area contributed by atoms with Gasteiger partial charge < -0.3 is 0 Å². The van der Waals surface area contributed by atoms with Gasteiger partial charge in [-0.3, -0.25) is 4.68 Å². The van der Waals surface area contributed by atoms with Crippen LogP contribution in [0.5, 0.6) is 0 Å². The zero-order valence-electron chi connectivity index (χ0n) is 8.39. The number of aromatic nitrogens is 2. The molecule has 0 atom stereocenters. The van der Waals surface area contributed by atoms with Crippen molar-refractivity contribution in [3.63, 3.8) is 0 Å². The lowest BCUT2D eigenvalue weighted by Crippen LogP contribution is -2.18. The van der Waals surface area contributed by atoms with Crippen molar-refractivity contribution in [1.82, 2.24) is 9.78 Å². The second kappa shape index (κ2) is 3.29. The van der Waals surface area contributed by atoms with Crippen molar-refractivity contribution in [2.45, 2.75) is 38.9 Å². The number of halogens is 3. The lowest BCUT2D eigenvalue weighted by molar-refractivity contribution is -0.142. The van der Waals surface area contributed by atoms with Crippen molar-refractivity contribution in [3.05, 3.63) is 18.0 Å². The minimum Gasteiger partial charge on any atom is -0.263 e. The largest absolute Gasteiger partial charge is 0.408 e. The van der Waals surface area contributed by atoms with E-state index in [9.17, 15) is 13.2 Å². The predicted molar refractivity (Wildman–Crippen MR) is 47.0 cm³/mol. The third-order valence-electron chi connectivity index (χ3n) is 1.84. The average Bonchev–Trinajstić information content (AvgIpc) is 2.29. The molecule has 80 valence electrons. The monoisotopic (exact) mass is 206 g/mol. The molecule has 2 nitrogen and oxygen atoms in total. The lowest BCUT2D eigenvalue weighted by Gasteiger charge is -2.15. The standard InChI is InChI=1S/C9H13F3N2/c1-8(2,3)7-4-13-14(5-7)6-9(10,11)12/h4-5H,6H2,1-3H3. The first-order valence-electron chi connectivity index (χ1n) is 4.28. The Bertz CT molecular complexity index is 307. The predicted octanol–water partition coefficient (Wildman–Crippen LogP) is 2.74. The molecule has 0 fully saturated rings. The van der Waals surface area contributed by atoms with Gasteiger partial charge in [0, 0.05) is 6.20 Å². The summed E-state index contributed by atoms with van der Waals surface area (Å²) in [5, 5.41) is 3.66. The Kier molecular flexibility index (Phi) is 2.61. The molecule has 0 saturated carbocycles. The highest BCUT2D eigenvalue weighted by Crippen LogP contribution is 2.23. The molecule has 0 aromatic carbocycles. The Morgan fingerprint density at radius 2 is 1.86 bits per heavy atom. The maximum atomic E-state index is 12.0. The van der Waals surface area contributed by atoms with Gasteiger partial charge in [-0.05, 0) is 11.0 Å². The molecule has 1 aromatic heterocycles. The van der Waals surface area contributed by atoms with Crippen molar-refractivity contribution < 1.29 is 13.2 Å². The summed E-state index contributed by atoms with van der Waals surface area (Å²) < 4.78 is 36.9. The van der Waals surface area contributed by atoms with Crippen LogP contribution >= 0.6 is 0 Å². The third-order valence-corrected chi connectivity index (χ3v) is 1.84. The summed E-state index contributed by atoms with van der Waals surface area (Å²) in [5.74, 6) is 0. The van der Waals surface area contributed by atoms with Crippen LogP contribution in [0.1, 0.15) is 26.3 Å². The number of alkyl halides is 3. The highest BCUT2D eigenvalue weighted by atomic mass is 19.4. The van der Waals surface area contributed by atoms with Crippen LogP contribution in [0.4, 0.5) is 13.2 Å². The van der Waals surface area contributed by atoms with Gasteiger partial charge in [0.1, 0.15) is 6.54 Å². The lowest BCUT2D eigenvalue weighted by atomic mass is 9.90. The normalized spacial score (nSPS) is 13.3. The Morgan fingerprint density at radius 3 is 2.21 bits per heavy atom. The molecule has 0 amide bonds. The van der Waals surface area contributed by atoms with E-state index in [1.807, 2.05) is 20.8 Å². The molecule has 1 rings (SSSR count). The van der Waals surface area contributed by atoms with Crippen molar-refractivity contribution in [3.8, 4) is 0 Å². The van der Waals surface area contributed by atoms with Gasteiger partial charge in [-0.25, -0.2) is 0 Å². The fraction of sp³-hybridized carbons (Fsp3) is 0.667. The summed E-state index contributed by atoms with van der Waals surface area (Å²) >= 11 is 0. The molecule has 1 aromatic rings. The van der Waals surface area contributed by atoms with Gasteiger partial charge in [0.15, 0.2) is 0 Å². The molecule has 0 spiro atoms. The van der Waals surface area contributed by atoms with Crippen LogP contribution in [-0.4, -0.2) is 16.0 Å². The van der Waals surface area contributed by atoms with Crippen molar-refractivity contribution >= 4 is 0 Å². The molecular weight excluding hydrogens is 193 g/mol. The highest BCUT2D eigenvalue weighted by molar-refractivity contribution is 5.15. The van der Waals surface area contributed by atoms with Gasteiger partial charge in [-0.2, -0.15) is 18.3 Å². The van der Waals surface area contributed by atoms with Crippen molar-refractivity contribution in [1.29, 1.82) is 0 Å². The van der Waals surface area contributed by atoms with E-state index in [0.29, 0.717) is 0 Å². The second-order valence-electron chi connectivity index (χ2n) is 4.29. The van der Waals surface area contributed by atoms with Gasteiger partial charge >= 0.3 is 6.18 Å². The maximum absolute atomic E-state index is 12.0. The molecule has 0 aliphatic carbocycles. The molecule has 0 aliphatic rings. The quantitative estimate of drug-likeness (QED) is 0.690. The van der Waals surface area contributed by atoms with Gasteiger partial charge in [0.05, 0.1) is 6.20 Å². The minimum atomic E-state index is -4.21. The summed E-state index contributed by atoms with van der Waals surface area (Å²) in [4.78, 5) is 0. The first-order valence-corrected chi connectivity index (χ1v) is 4.28. The van der Waals surface area contributed by atoms with Gasteiger partial charge in [0.25, 0.3) is 0 Å². The smallest absolute Gasteiger partial charge is 0.263 e. The zero-order chi connectivity index (χ0) is 11.0. The van der Waals surface area contributed by atoms with Crippen LogP contribution in [0, 0.1) is 0 Å². The average molecular weight is 206 g/mol. The first-order chi connectivity index (χ1) is 6.18. The number of hydrogen-bond acceptors (Lipinski definition) is 1. The molecule has 0 aliphatic heterocycles. The van der Waals surface area contributed by atoms with Crippen LogP contribution in [0.2, 0.25) is 0 Å². The summed E-state index contributed by atoms with van der Waals surface area (Å²) in [6.07, 6.45) is -1.29. The van der Waals surface area contributed by atoms with Crippen LogP contribution in [0.3, 0.4) is 0 Å². The fourth-order valence-corrected chi connectivity index (χ4v) is 1.02. The molecule has 0 N–H and O–H groups in total. The molecule has 14 heavy (non-hydrogen) atoms. The summed E-state index contributed by atoms with van der Waals surface area (Å²) in [6, 6.07) is 0. The molecule has 0 radical (unpaired) electrons. The minimum absolute atomic E-state index is 0.163. The molecule has 1 heterocycles. The first kappa shape index (κ1) is 11.1. The van der Waals surface area contributed by atoms with E-state index < -0.39 is 12.7 Å². The Morgan fingerprint density at radius 1 is 1.29 bits per heavy atom. The SMILES string of the molecule is CC(C)(C)c1cnn(CC(F)(F)F)c1. The molecule has 5 heteroatoms. The molecule has 0 bridgehead atoms. The molecular formula is C9H13F3N2. The third kappa shape index (κ3) is 3.05. The van der Waals surface area contributed by atoms with Gasteiger partial charge in [0.2, 0.25) is 0 Å². The van der Waals surface area contributed by atoms with E-state index >= 15 is 0 Å². The van der Waals surface area contributed by atoms with E-state index in [1.54, 1.807) is 0 Å². The molecule has 0 saturated heterocycles. The Balaban J connectivity index is 2.79. The van der Waals surface area contributed by atoms with Gasteiger partial charge in [-0.15, -0.1) is 0 Å². The fourth-order valence-electron chi connectivity index (χ4n) is 1.02. The zero-order valence-corrected chi connectivity index (χ0v) is 8.39. The van der Waals surface area contributed by atoms with Crippen LogP contribution in [-0.2, 0) is 12.0 Å². The maximum Gasteiger partial charge on any atom is 0.408 e. The van der Waals surface area contributed by atoms with Crippen LogP contribution in [0.25, 0.3) is 0 Å². The van der Waals surface area contributed by atoms with Crippen LogP contribution < -0.4 is 0 Å². The number of rotatable bonds is 1. The van der Waals surface area contributed by atoms with E-state index in [2.05, 4.69) is 5.10 Å². The summed E-state index contributed by atoms with van der Waals surface area (Å²) in [7, 11) is 0. The van der Waals surface area contributed by atoms with E-state index in [-0.39, 0.29) is 5.41 Å². The van der Waals surface area contributed by atoms with Gasteiger partial charge in [-0.1, -0.05) is 20.8 Å². The van der Waals surface area contributed by atoms with Crippen LogP contribution in [0.15, 0.2) is 12.4 Å². The molecule has 0 unspecified atom stereocenters. The van der Waals surface area contributed by atoms with E-state index in [1.165, 1.54) is 12.4 Å². The number of nitrogens with zero attached hydrogens (tertiary/aromatic N) is 2. The number of hydrogen-bond donors (Lipinski definition) is 0. The Hall–Kier alpha value is -1.00. The Labute approximate surface area is 80.7 Å². The van der Waals surface area contributed by atoms with Crippen molar-refractivity contribution in [2.75, 3.05) is 0 Å². The summed E-state index contributed by atoms with van der Waals surface area (Å²) in [5.41, 5.74) is 0.644. The van der Waals surface area contributed by atoms with E-state index in [0.717, 1.165) is 10.2 Å². The topological polar surface area (TPSA) is 17.8 Å².